The Morgan fingerprint density at radius 3 is 2.48 bits per heavy atom. The van der Waals surface area contributed by atoms with E-state index in [2.05, 4.69) is 41.4 Å². The van der Waals surface area contributed by atoms with E-state index in [1.165, 1.54) is 24.6 Å². The highest BCUT2D eigenvalue weighted by Crippen LogP contribution is 2.24. The number of hydrogen-bond acceptors (Lipinski definition) is 2. The third-order valence-electron chi connectivity index (χ3n) is 5.50. The molecule has 2 aromatic carbocycles. The number of carbonyl (C=O) groups is 1. The fourth-order valence-corrected chi connectivity index (χ4v) is 3.59. The summed E-state index contributed by atoms with van der Waals surface area (Å²) in [5, 5.41) is 3.02. The quantitative estimate of drug-likeness (QED) is 0.789. The summed E-state index contributed by atoms with van der Waals surface area (Å²) < 4.78 is 13.6. The van der Waals surface area contributed by atoms with Gasteiger partial charge in [-0.05, 0) is 61.4 Å². The minimum absolute atomic E-state index is 0.0557. The van der Waals surface area contributed by atoms with Crippen molar-refractivity contribution in [3.8, 4) is 0 Å². The molecule has 1 aliphatic heterocycles. The predicted molar refractivity (Wildman–Crippen MR) is 108 cm³/mol. The molecular weight excluding hydrogens is 339 g/mol. The maximum Gasteiger partial charge on any atom is 0.220 e. The summed E-state index contributed by atoms with van der Waals surface area (Å²) >= 11 is 0. The lowest BCUT2D eigenvalue weighted by Crippen LogP contribution is -2.32. The van der Waals surface area contributed by atoms with Crippen LogP contribution in [0, 0.1) is 11.7 Å². The Morgan fingerprint density at radius 2 is 1.81 bits per heavy atom. The number of halogens is 1. The Hall–Kier alpha value is -2.36. The lowest BCUT2D eigenvalue weighted by Gasteiger charge is -2.32. The third-order valence-corrected chi connectivity index (χ3v) is 5.50. The number of carbonyl (C=O) groups excluding carboxylic acids is 1. The average molecular weight is 368 g/mol. The van der Waals surface area contributed by atoms with Crippen LogP contribution in [-0.4, -0.2) is 19.0 Å². The van der Waals surface area contributed by atoms with E-state index in [0.717, 1.165) is 24.6 Å². The molecule has 0 aliphatic carbocycles. The van der Waals surface area contributed by atoms with Gasteiger partial charge in [0.2, 0.25) is 5.91 Å². The molecule has 1 amide bonds. The summed E-state index contributed by atoms with van der Waals surface area (Å²) in [7, 11) is 0. The monoisotopic (exact) mass is 368 g/mol. The van der Waals surface area contributed by atoms with Gasteiger partial charge in [0.05, 0.1) is 6.04 Å². The molecule has 0 radical (unpaired) electrons. The zero-order valence-electron chi connectivity index (χ0n) is 16.2. The molecule has 1 heterocycles. The van der Waals surface area contributed by atoms with Crippen LogP contribution in [0.25, 0.3) is 0 Å². The number of rotatable bonds is 6. The first-order valence-corrected chi connectivity index (χ1v) is 9.90. The first kappa shape index (κ1) is 19.4. The number of nitrogens with one attached hydrogen (secondary N) is 1. The van der Waals surface area contributed by atoms with Gasteiger partial charge in [-0.1, -0.05) is 37.3 Å². The average Bonchev–Trinajstić information content (AvgIpc) is 2.68. The lowest BCUT2D eigenvalue weighted by atomic mass is 9.98. The number of hydrogen-bond donors (Lipinski definition) is 1. The molecule has 3 rings (SSSR count). The first-order valence-electron chi connectivity index (χ1n) is 9.90. The first-order chi connectivity index (χ1) is 13.0. The Bertz CT molecular complexity index is 751. The second-order valence-electron chi connectivity index (χ2n) is 7.64. The van der Waals surface area contributed by atoms with Crippen molar-refractivity contribution in [2.75, 3.05) is 18.0 Å². The summed E-state index contributed by atoms with van der Waals surface area (Å²) in [6.07, 6.45) is 3.19. The van der Waals surface area contributed by atoms with E-state index < -0.39 is 0 Å². The summed E-state index contributed by atoms with van der Waals surface area (Å²) in [4.78, 5) is 14.6. The summed E-state index contributed by atoms with van der Waals surface area (Å²) in [5.41, 5.74) is 2.92. The van der Waals surface area contributed by atoms with Gasteiger partial charge < -0.3 is 10.2 Å². The van der Waals surface area contributed by atoms with Crippen LogP contribution in [-0.2, 0) is 11.2 Å². The lowest BCUT2D eigenvalue weighted by molar-refractivity contribution is -0.121. The predicted octanol–water partition coefficient (Wildman–Crippen LogP) is 4.87. The minimum Gasteiger partial charge on any atom is -0.372 e. The van der Waals surface area contributed by atoms with Crippen LogP contribution in [0.2, 0.25) is 0 Å². The van der Waals surface area contributed by atoms with Gasteiger partial charge in [-0.3, -0.25) is 4.79 Å². The molecule has 0 saturated carbocycles. The van der Waals surface area contributed by atoms with E-state index in [1.807, 2.05) is 6.92 Å². The van der Waals surface area contributed by atoms with Gasteiger partial charge in [-0.15, -0.1) is 0 Å². The second kappa shape index (κ2) is 9.03. The molecule has 1 N–H and O–H groups in total. The molecule has 0 bridgehead atoms. The molecule has 27 heavy (non-hydrogen) atoms. The number of piperidine rings is 1. The van der Waals surface area contributed by atoms with Gasteiger partial charge in [0.1, 0.15) is 5.82 Å². The molecular formula is C23H29FN2O. The molecule has 1 aliphatic rings. The highest BCUT2D eigenvalue weighted by Gasteiger charge is 2.16. The van der Waals surface area contributed by atoms with Gasteiger partial charge in [0.15, 0.2) is 0 Å². The van der Waals surface area contributed by atoms with E-state index in [9.17, 15) is 9.18 Å². The van der Waals surface area contributed by atoms with Crippen molar-refractivity contribution < 1.29 is 9.18 Å². The molecule has 2 aromatic rings. The van der Waals surface area contributed by atoms with Crippen LogP contribution < -0.4 is 10.2 Å². The highest BCUT2D eigenvalue weighted by molar-refractivity contribution is 5.76. The standard InChI is InChI=1S/C23H29FN2O/c1-17-13-15-26(16-14-17)21-10-7-19(8-11-21)18(2)25-23(27)12-9-20-5-3-4-6-22(20)24/h3-8,10-11,17-18H,9,12-16H2,1-2H3,(H,25,27). The van der Waals surface area contributed by atoms with E-state index in [1.54, 1.807) is 18.2 Å². The van der Waals surface area contributed by atoms with Crippen molar-refractivity contribution in [1.29, 1.82) is 0 Å². The maximum atomic E-state index is 13.6. The summed E-state index contributed by atoms with van der Waals surface area (Å²) in [6, 6.07) is 15.0. The Morgan fingerprint density at radius 1 is 1.15 bits per heavy atom. The zero-order chi connectivity index (χ0) is 19.2. The number of amides is 1. The van der Waals surface area contributed by atoms with Crippen LogP contribution in [0.1, 0.15) is 50.3 Å². The van der Waals surface area contributed by atoms with E-state index in [0.29, 0.717) is 12.0 Å². The van der Waals surface area contributed by atoms with Crippen LogP contribution in [0.5, 0.6) is 0 Å². The Balaban J connectivity index is 1.50. The Labute approximate surface area is 161 Å². The summed E-state index contributed by atoms with van der Waals surface area (Å²) in [6.45, 7) is 6.53. The maximum absolute atomic E-state index is 13.6. The zero-order valence-corrected chi connectivity index (χ0v) is 16.2. The second-order valence-corrected chi connectivity index (χ2v) is 7.64. The largest absolute Gasteiger partial charge is 0.372 e. The number of nitrogens with zero attached hydrogens (tertiary/aromatic N) is 1. The Kier molecular flexibility index (Phi) is 6.49. The number of anilines is 1. The SMILES string of the molecule is CC1CCN(c2ccc(C(C)NC(=O)CCc3ccccc3F)cc2)CC1. The molecule has 0 aromatic heterocycles. The van der Waals surface area contributed by atoms with Crippen molar-refractivity contribution in [3.63, 3.8) is 0 Å². The minimum atomic E-state index is -0.249. The highest BCUT2D eigenvalue weighted by atomic mass is 19.1. The van der Waals surface area contributed by atoms with Crippen molar-refractivity contribution in [3.05, 3.63) is 65.5 Å². The van der Waals surface area contributed by atoms with Crippen molar-refractivity contribution in [2.45, 2.75) is 45.6 Å². The van der Waals surface area contributed by atoms with Crippen molar-refractivity contribution in [2.24, 2.45) is 5.92 Å². The third kappa shape index (κ3) is 5.31. The normalized spacial score (nSPS) is 16.2. The molecule has 1 atom stereocenters. The van der Waals surface area contributed by atoms with Crippen LogP contribution in [0.15, 0.2) is 48.5 Å². The number of aryl methyl sites for hydroxylation is 1. The smallest absolute Gasteiger partial charge is 0.220 e. The fraction of sp³-hybridized carbons (Fsp3) is 0.435. The van der Waals surface area contributed by atoms with Crippen molar-refractivity contribution in [1.82, 2.24) is 5.32 Å². The molecule has 1 unspecified atom stereocenters. The van der Waals surface area contributed by atoms with Crippen LogP contribution >= 0.6 is 0 Å². The molecule has 144 valence electrons. The molecule has 1 saturated heterocycles. The van der Waals surface area contributed by atoms with Gasteiger partial charge >= 0.3 is 0 Å². The van der Waals surface area contributed by atoms with Crippen molar-refractivity contribution >= 4 is 11.6 Å². The molecule has 1 fully saturated rings. The van der Waals surface area contributed by atoms with E-state index in [-0.39, 0.29) is 24.2 Å². The van der Waals surface area contributed by atoms with Crippen LogP contribution in [0.4, 0.5) is 10.1 Å². The number of benzene rings is 2. The van der Waals surface area contributed by atoms with Gasteiger partial charge in [-0.25, -0.2) is 4.39 Å². The molecule has 0 spiro atoms. The fourth-order valence-electron chi connectivity index (χ4n) is 3.59. The molecule has 3 nitrogen and oxygen atoms in total. The summed E-state index contributed by atoms with van der Waals surface area (Å²) in [5.74, 6) is 0.515. The van der Waals surface area contributed by atoms with Crippen LogP contribution in [0.3, 0.4) is 0 Å². The van der Waals surface area contributed by atoms with Gasteiger partial charge in [0, 0.05) is 25.2 Å². The molecule has 4 heteroatoms. The van der Waals surface area contributed by atoms with Gasteiger partial charge in [-0.2, -0.15) is 0 Å². The topological polar surface area (TPSA) is 32.3 Å². The van der Waals surface area contributed by atoms with Gasteiger partial charge in [0.25, 0.3) is 0 Å². The van der Waals surface area contributed by atoms with E-state index >= 15 is 0 Å². The van der Waals surface area contributed by atoms with E-state index in [4.69, 9.17) is 0 Å².